The Labute approximate surface area is 216 Å². The maximum atomic E-state index is 14.0. The van der Waals surface area contributed by atoms with E-state index < -0.39 is 23.9 Å². The molecule has 0 N–H and O–H groups in total. The van der Waals surface area contributed by atoms with Gasteiger partial charge in [-0.3, -0.25) is 14.4 Å². The van der Waals surface area contributed by atoms with E-state index in [4.69, 9.17) is 11.6 Å². The van der Waals surface area contributed by atoms with Gasteiger partial charge in [0.25, 0.3) is 0 Å². The zero-order valence-electron chi connectivity index (χ0n) is 18.7. The van der Waals surface area contributed by atoms with Crippen molar-refractivity contribution in [3.05, 3.63) is 99.0 Å². The molecular weight excluding hydrogens is 528 g/mol. The zero-order valence-corrected chi connectivity index (χ0v) is 21.0. The molecule has 5 nitrogen and oxygen atoms in total. The first kappa shape index (κ1) is 22.3. The summed E-state index contributed by atoms with van der Waals surface area (Å²) in [5.41, 5.74) is 3.73. The number of fused-ring (bicyclic) bond motifs is 5. The summed E-state index contributed by atoms with van der Waals surface area (Å²) in [6.45, 7) is 1.95. The third kappa shape index (κ3) is 3.39. The fourth-order valence-electron chi connectivity index (χ4n) is 5.58. The molecule has 2 saturated heterocycles. The average molecular weight is 548 g/mol. The third-order valence-corrected chi connectivity index (χ3v) is 7.92. The summed E-state index contributed by atoms with van der Waals surface area (Å²) in [7, 11) is 0. The molecule has 2 amide bonds. The Morgan fingerprint density at radius 3 is 2.31 bits per heavy atom. The highest BCUT2D eigenvalue weighted by Crippen LogP contribution is 2.50. The lowest BCUT2D eigenvalue weighted by Gasteiger charge is -2.36. The van der Waals surface area contributed by atoms with Crippen molar-refractivity contribution in [3.63, 3.8) is 0 Å². The molecule has 0 spiro atoms. The smallest absolute Gasteiger partial charge is 0.240 e. The number of amides is 2. The summed E-state index contributed by atoms with van der Waals surface area (Å²) >= 11 is 9.64. The van der Waals surface area contributed by atoms with E-state index in [2.05, 4.69) is 15.9 Å². The van der Waals surface area contributed by atoms with E-state index in [1.807, 2.05) is 48.2 Å². The van der Waals surface area contributed by atoms with Crippen LogP contribution in [0.5, 0.6) is 0 Å². The van der Waals surface area contributed by atoms with Crippen molar-refractivity contribution in [1.82, 2.24) is 0 Å². The summed E-state index contributed by atoms with van der Waals surface area (Å²) in [5, 5.41) is 0.583. The molecule has 35 heavy (non-hydrogen) atoms. The van der Waals surface area contributed by atoms with Crippen molar-refractivity contribution in [2.24, 2.45) is 11.8 Å². The fourth-order valence-corrected chi connectivity index (χ4v) is 6.02. The van der Waals surface area contributed by atoms with Crippen LogP contribution < -0.4 is 9.80 Å². The maximum Gasteiger partial charge on any atom is 0.240 e. The molecular formula is C28H20BrClN2O3. The average Bonchev–Trinajstić information content (AvgIpc) is 3.32. The van der Waals surface area contributed by atoms with E-state index in [0.29, 0.717) is 16.3 Å². The van der Waals surface area contributed by atoms with Gasteiger partial charge in [-0.1, -0.05) is 69.5 Å². The quantitative estimate of drug-likeness (QED) is 0.313. The Hall–Kier alpha value is -3.22. The lowest BCUT2D eigenvalue weighted by atomic mass is 9.86. The number of Topliss-reactive ketones (excluding diaryl/α,β-unsaturated/α-hetero) is 1. The van der Waals surface area contributed by atoms with E-state index in [0.717, 1.165) is 21.3 Å². The second-order valence-electron chi connectivity index (χ2n) is 9.18. The molecule has 0 aromatic heterocycles. The van der Waals surface area contributed by atoms with Gasteiger partial charge in [-0.25, -0.2) is 4.90 Å². The van der Waals surface area contributed by atoms with Gasteiger partial charge in [0.15, 0.2) is 5.78 Å². The number of imide groups is 1. The van der Waals surface area contributed by atoms with E-state index in [-0.39, 0.29) is 17.6 Å². The zero-order chi connectivity index (χ0) is 24.4. The fraction of sp³-hybridized carbons (Fsp3) is 0.179. The SMILES string of the molecule is Cc1ccc(N2C(=O)C3C(C2=O)C(C(=O)c2ccc(Br)cc2)N2c4ccc(Cl)cc4C=CC32)cc1. The number of hydrogen-bond acceptors (Lipinski definition) is 4. The monoisotopic (exact) mass is 546 g/mol. The molecule has 3 aliphatic rings. The minimum Gasteiger partial charge on any atom is -0.352 e. The van der Waals surface area contributed by atoms with Crippen molar-refractivity contribution in [1.29, 1.82) is 0 Å². The van der Waals surface area contributed by atoms with Crippen molar-refractivity contribution >= 4 is 62.6 Å². The first-order valence-electron chi connectivity index (χ1n) is 11.4. The second-order valence-corrected chi connectivity index (χ2v) is 10.5. The van der Waals surface area contributed by atoms with Crippen LogP contribution in [0.3, 0.4) is 0 Å². The van der Waals surface area contributed by atoms with Crippen LogP contribution >= 0.6 is 27.5 Å². The van der Waals surface area contributed by atoms with E-state index in [9.17, 15) is 14.4 Å². The number of ketones is 1. The van der Waals surface area contributed by atoms with Gasteiger partial charge in [0.1, 0.15) is 6.04 Å². The Morgan fingerprint density at radius 2 is 1.60 bits per heavy atom. The molecule has 174 valence electrons. The van der Waals surface area contributed by atoms with Crippen molar-refractivity contribution < 1.29 is 14.4 Å². The highest BCUT2D eigenvalue weighted by Gasteiger charge is 2.64. The number of carbonyl (C=O) groups excluding carboxylic acids is 3. The molecule has 4 atom stereocenters. The minimum atomic E-state index is -0.817. The number of nitrogens with zero attached hydrogens (tertiary/aromatic N) is 2. The summed E-state index contributed by atoms with van der Waals surface area (Å²) in [6.07, 6.45) is 3.85. The molecule has 2 fully saturated rings. The van der Waals surface area contributed by atoms with Crippen LogP contribution in [0, 0.1) is 18.8 Å². The molecule has 0 radical (unpaired) electrons. The number of halogens is 2. The van der Waals surface area contributed by atoms with Gasteiger partial charge in [-0.15, -0.1) is 0 Å². The highest BCUT2D eigenvalue weighted by atomic mass is 79.9. The predicted molar refractivity (Wildman–Crippen MR) is 140 cm³/mol. The largest absolute Gasteiger partial charge is 0.352 e. The van der Waals surface area contributed by atoms with Crippen LogP contribution in [-0.2, 0) is 9.59 Å². The number of anilines is 2. The topological polar surface area (TPSA) is 57.7 Å². The molecule has 3 heterocycles. The van der Waals surface area contributed by atoms with Crippen LogP contribution in [0.4, 0.5) is 11.4 Å². The molecule has 0 bridgehead atoms. The Balaban J connectivity index is 1.49. The number of rotatable bonds is 3. The minimum absolute atomic E-state index is 0.182. The van der Waals surface area contributed by atoms with Crippen LogP contribution in [0.2, 0.25) is 5.02 Å². The molecule has 0 saturated carbocycles. The predicted octanol–water partition coefficient (Wildman–Crippen LogP) is 5.68. The van der Waals surface area contributed by atoms with Gasteiger partial charge in [0, 0.05) is 20.7 Å². The number of hydrogen-bond donors (Lipinski definition) is 0. The molecule has 3 aromatic carbocycles. The Morgan fingerprint density at radius 1 is 0.914 bits per heavy atom. The Kier molecular flexibility index (Phi) is 5.20. The van der Waals surface area contributed by atoms with Gasteiger partial charge < -0.3 is 4.90 Å². The maximum absolute atomic E-state index is 14.0. The number of carbonyl (C=O) groups is 3. The highest BCUT2D eigenvalue weighted by molar-refractivity contribution is 9.10. The molecule has 4 unspecified atom stereocenters. The Bertz CT molecular complexity index is 1420. The van der Waals surface area contributed by atoms with Crippen LogP contribution in [0.15, 0.2) is 77.3 Å². The summed E-state index contributed by atoms with van der Waals surface area (Å²) < 4.78 is 0.856. The molecule has 0 aliphatic carbocycles. The summed E-state index contributed by atoms with van der Waals surface area (Å²) in [4.78, 5) is 44.8. The van der Waals surface area contributed by atoms with Crippen molar-refractivity contribution in [3.8, 4) is 0 Å². The van der Waals surface area contributed by atoms with Gasteiger partial charge in [-0.05, 0) is 55.0 Å². The number of benzene rings is 3. The van der Waals surface area contributed by atoms with Gasteiger partial charge in [-0.2, -0.15) is 0 Å². The van der Waals surface area contributed by atoms with Crippen LogP contribution in [-0.4, -0.2) is 29.7 Å². The first-order valence-corrected chi connectivity index (χ1v) is 12.5. The second kappa shape index (κ2) is 8.18. The standard InChI is InChI=1S/C28H20BrClN2O3/c1-15-2-10-20(11-3-15)31-27(34)23-22-12-6-17-14-19(30)9-13-21(17)32(22)25(24(23)28(31)35)26(33)16-4-7-18(29)8-5-16/h2-14,22-25H,1H3. The van der Waals surface area contributed by atoms with Crippen molar-refractivity contribution in [2.75, 3.05) is 9.80 Å². The molecule has 6 rings (SSSR count). The lowest BCUT2D eigenvalue weighted by molar-refractivity contribution is -0.122. The molecule has 3 aliphatic heterocycles. The van der Waals surface area contributed by atoms with E-state index in [1.54, 1.807) is 42.5 Å². The third-order valence-electron chi connectivity index (χ3n) is 7.16. The van der Waals surface area contributed by atoms with Crippen LogP contribution in [0.25, 0.3) is 6.08 Å². The first-order chi connectivity index (χ1) is 16.8. The summed E-state index contributed by atoms with van der Waals surface area (Å²) in [6, 6.07) is 18.7. The van der Waals surface area contributed by atoms with E-state index >= 15 is 0 Å². The van der Waals surface area contributed by atoms with Gasteiger partial charge >= 0.3 is 0 Å². The van der Waals surface area contributed by atoms with Gasteiger partial charge in [0.05, 0.1) is 23.6 Å². The summed E-state index contributed by atoms with van der Waals surface area (Å²) in [5.74, 6) is -2.24. The molecule has 7 heteroatoms. The normalized spacial score (nSPS) is 24.4. The van der Waals surface area contributed by atoms with Gasteiger partial charge in [0.2, 0.25) is 11.8 Å². The van der Waals surface area contributed by atoms with Crippen LogP contribution in [0.1, 0.15) is 21.5 Å². The lowest BCUT2D eigenvalue weighted by Crippen LogP contribution is -2.48. The van der Waals surface area contributed by atoms with E-state index in [1.165, 1.54) is 4.90 Å². The molecule has 3 aromatic rings. The van der Waals surface area contributed by atoms with Crippen molar-refractivity contribution in [2.45, 2.75) is 19.0 Å². The number of aryl methyl sites for hydroxylation is 1.